The molecule has 0 saturated carbocycles. The average Bonchev–Trinajstić information content (AvgIpc) is 1.38. The van der Waals surface area contributed by atoms with E-state index in [1.54, 1.807) is 0 Å². The van der Waals surface area contributed by atoms with Gasteiger partial charge in [-0.25, -0.2) is 0 Å². The topological polar surface area (TPSA) is 40.1 Å². The Morgan fingerprint density at radius 1 is 1.83 bits per heavy atom. The minimum atomic E-state index is -0.995. The third-order valence-electron chi connectivity index (χ3n) is 0.289. The Hall–Kier alpha value is 0.392. The molecule has 0 radical (unpaired) electrons. The molecule has 0 rings (SSSR count). The molecule has 0 spiro atoms. The van der Waals surface area contributed by atoms with Gasteiger partial charge in [0, 0.05) is 5.97 Å². The Bertz CT molecular complexity index is 44.1. The van der Waals surface area contributed by atoms with Crippen molar-refractivity contribution in [2.75, 3.05) is 0 Å². The van der Waals surface area contributed by atoms with Crippen LogP contribution in [0.2, 0.25) is 0 Å². The van der Waals surface area contributed by atoms with Gasteiger partial charge in [0.2, 0.25) is 0 Å². The van der Waals surface area contributed by atoms with Crippen LogP contribution in [0.3, 0.4) is 0 Å². The number of rotatable bonds is 1. The first-order chi connectivity index (χ1) is 2.27. The van der Waals surface area contributed by atoms with Gasteiger partial charge in [0.1, 0.15) is 0 Å². The zero-order valence-corrected chi connectivity index (χ0v) is 7.77. The molecule has 0 aromatic rings. The smallest absolute Gasteiger partial charge is 0.550 e. The van der Waals surface area contributed by atoms with E-state index in [2.05, 4.69) is 0 Å². The molecule has 2 nitrogen and oxygen atoms in total. The average molecular weight is 185 g/mol. The van der Waals surface area contributed by atoms with Crippen molar-refractivity contribution in [3.63, 3.8) is 0 Å². The first-order valence-corrected chi connectivity index (χ1v) is 1.47. The molecule has 0 aliphatic heterocycles. The summed E-state index contributed by atoms with van der Waals surface area (Å²) < 4.78 is 0. The van der Waals surface area contributed by atoms with Gasteiger partial charge in [-0.1, -0.05) is 6.92 Å². The third-order valence-corrected chi connectivity index (χ3v) is 0.289. The second-order valence-electron chi connectivity index (χ2n) is 0.726. The summed E-state index contributed by atoms with van der Waals surface area (Å²) in [5.41, 5.74) is 0. The molecule has 0 unspecified atom stereocenters. The van der Waals surface area contributed by atoms with Crippen LogP contribution in [0.4, 0.5) is 0 Å². The SMILES string of the molecule is CCC(=O)[O-].[Cd+2]. The summed E-state index contributed by atoms with van der Waals surface area (Å²) in [5, 5.41) is 9.26. The Kier molecular flexibility index (Phi) is 8.66. The molecule has 0 aromatic heterocycles. The summed E-state index contributed by atoms with van der Waals surface area (Å²) in [7, 11) is 0. The van der Waals surface area contributed by atoms with Gasteiger partial charge in [0.25, 0.3) is 0 Å². The second-order valence-corrected chi connectivity index (χ2v) is 0.726. The minimum absolute atomic E-state index is 0. The van der Waals surface area contributed by atoms with Gasteiger partial charge in [0.15, 0.2) is 0 Å². The maximum atomic E-state index is 9.26. The summed E-state index contributed by atoms with van der Waals surface area (Å²) in [4.78, 5) is 9.26. The van der Waals surface area contributed by atoms with Crippen LogP contribution >= 0.6 is 0 Å². The van der Waals surface area contributed by atoms with Gasteiger partial charge in [-0.2, -0.15) is 0 Å². The van der Waals surface area contributed by atoms with Crippen LogP contribution in [-0.2, 0) is 32.1 Å². The van der Waals surface area contributed by atoms with Gasteiger partial charge in [-0.15, -0.1) is 0 Å². The molecule has 0 fully saturated rings. The fourth-order valence-corrected chi connectivity index (χ4v) is 0. The van der Waals surface area contributed by atoms with E-state index in [1.807, 2.05) is 0 Å². The van der Waals surface area contributed by atoms with Crippen LogP contribution < -0.4 is 5.11 Å². The summed E-state index contributed by atoms with van der Waals surface area (Å²) in [6.07, 6.45) is 0.111. The Morgan fingerprint density at radius 3 is 2.00 bits per heavy atom. The number of carbonyl (C=O) groups excluding carboxylic acids is 1. The normalized spacial score (nSPS) is 6.17. The molecule has 30 valence electrons. The van der Waals surface area contributed by atoms with Crippen molar-refractivity contribution in [2.45, 2.75) is 13.3 Å². The van der Waals surface area contributed by atoms with Crippen molar-refractivity contribution in [1.82, 2.24) is 0 Å². The van der Waals surface area contributed by atoms with Crippen molar-refractivity contribution in [1.29, 1.82) is 0 Å². The van der Waals surface area contributed by atoms with Crippen molar-refractivity contribution < 1.29 is 37.2 Å². The summed E-state index contributed by atoms with van der Waals surface area (Å²) in [5.74, 6) is -0.995. The van der Waals surface area contributed by atoms with Crippen LogP contribution in [0.1, 0.15) is 13.3 Å². The van der Waals surface area contributed by atoms with Gasteiger partial charge in [0.05, 0.1) is 0 Å². The molecule has 0 N–H and O–H groups in total. The number of hydrogen-bond donors (Lipinski definition) is 0. The number of carboxylic acids is 1. The van der Waals surface area contributed by atoms with Crippen LogP contribution in [0.5, 0.6) is 0 Å². The molecule has 0 aromatic carbocycles. The first-order valence-electron chi connectivity index (χ1n) is 1.47. The summed E-state index contributed by atoms with van der Waals surface area (Å²) in [6, 6.07) is 0. The first kappa shape index (κ1) is 9.63. The zero-order chi connectivity index (χ0) is 4.28. The van der Waals surface area contributed by atoms with Crippen LogP contribution in [0, 0.1) is 0 Å². The van der Waals surface area contributed by atoms with Crippen molar-refractivity contribution in [2.24, 2.45) is 0 Å². The van der Waals surface area contributed by atoms with E-state index in [4.69, 9.17) is 0 Å². The van der Waals surface area contributed by atoms with Crippen LogP contribution in [0.25, 0.3) is 0 Å². The molecule has 0 saturated heterocycles. The zero-order valence-electron chi connectivity index (χ0n) is 3.73. The maximum absolute atomic E-state index is 9.26. The fourth-order valence-electron chi connectivity index (χ4n) is 0. The maximum Gasteiger partial charge on any atom is 2.00 e. The molecular formula is C3H5CdO2+. The van der Waals surface area contributed by atoms with E-state index in [1.165, 1.54) is 6.92 Å². The van der Waals surface area contributed by atoms with E-state index in [0.29, 0.717) is 0 Å². The van der Waals surface area contributed by atoms with Crippen molar-refractivity contribution in [3.05, 3.63) is 0 Å². The predicted octanol–water partition coefficient (Wildman–Crippen LogP) is -0.856. The molecule has 0 bridgehead atoms. The third kappa shape index (κ3) is 8.83. The standard InChI is InChI=1S/C3H6O2.Cd/c1-2-3(4)5;/h2H2,1H3,(H,4,5);/q;+2/p-1. The number of carbonyl (C=O) groups is 1. The van der Waals surface area contributed by atoms with E-state index < -0.39 is 5.97 Å². The van der Waals surface area contributed by atoms with Gasteiger partial charge in [-0.05, 0) is 6.42 Å². The molecule has 3 heteroatoms. The Morgan fingerprint density at radius 2 is 2.00 bits per heavy atom. The Balaban J connectivity index is 0. The van der Waals surface area contributed by atoms with E-state index in [-0.39, 0.29) is 33.7 Å². The molecule has 0 amide bonds. The molecule has 0 heterocycles. The summed E-state index contributed by atoms with van der Waals surface area (Å²) >= 11 is 0. The number of hydrogen-bond acceptors (Lipinski definition) is 2. The van der Waals surface area contributed by atoms with Crippen LogP contribution in [-0.4, -0.2) is 5.97 Å². The van der Waals surface area contributed by atoms with Gasteiger partial charge in [-0.3, -0.25) is 0 Å². The van der Waals surface area contributed by atoms with Crippen molar-refractivity contribution >= 4 is 5.97 Å². The monoisotopic (exact) mass is 187 g/mol. The van der Waals surface area contributed by atoms with Crippen molar-refractivity contribution in [3.8, 4) is 0 Å². The molecule has 0 aliphatic carbocycles. The van der Waals surface area contributed by atoms with Crippen LogP contribution in [0.15, 0.2) is 0 Å². The van der Waals surface area contributed by atoms with E-state index in [9.17, 15) is 9.90 Å². The number of carboxylic acid groups (broad SMARTS) is 1. The minimum Gasteiger partial charge on any atom is -0.550 e. The predicted molar refractivity (Wildman–Crippen MR) is 15.3 cm³/mol. The molecule has 6 heavy (non-hydrogen) atoms. The second kappa shape index (κ2) is 5.39. The van der Waals surface area contributed by atoms with E-state index in [0.717, 1.165) is 0 Å². The quantitative estimate of drug-likeness (QED) is 0.499. The van der Waals surface area contributed by atoms with E-state index >= 15 is 0 Å². The fraction of sp³-hybridized carbons (Fsp3) is 0.667. The molecule has 0 atom stereocenters. The van der Waals surface area contributed by atoms with Gasteiger partial charge >= 0.3 is 27.3 Å². The summed E-state index contributed by atoms with van der Waals surface area (Å²) in [6.45, 7) is 1.54. The molecule has 0 aliphatic rings. The largest absolute Gasteiger partial charge is 2.00 e. The number of aliphatic carboxylic acids is 1. The Labute approximate surface area is 56.7 Å². The molecular weight excluding hydrogens is 180 g/mol. The van der Waals surface area contributed by atoms with Gasteiger partial charge < -0.3 is 9.90 Å².